The van der Waals surface area contributed by atoms with Crippen molar-refractivity contribution >= 4 is 56.1 Å². The van der Waals surface area contributed by atoms with Crippen LogP contribution in [0.5, 0.6) is 0 Å². The van der Waals surface area contributed by atoms with E-state index in [0.717, 1.165) is 20.7 Å². The topological polar surface area (TPSA) is 68.0 Å². The molecule has 0 bridgehead atoms. The molecule has 0 spiro atoms. The minimum Gasteiger partial charge on any atom is -0.389 e. The molecular weight excluding hydrogens is 358 g/mol. The van der Waals surface area contributed by atoms with Gasteiger partial charge in [0.1, 0.15) is 9.87 Å². The van der Waals surface area contributed by atoms with Crippen molar-refractivity contribution < 1.29 is 4.79 Å². The lowest BCUT2D eigenvalue weighted by Gasteiger charge is -2.08. The lowest BCUT2D eigenvalue weighted by atomic mass is 10.2. The number of amides is 1. The summed E-state index contributed by atoms with van der Waals surface area (Å²) in [5.74, 6) is -0.170. The van der Waals surface area contributed by atoms with Crippen molar-refractivity contribution in [3.05, 3.63) is 43.8 Å². The van der Waals surface area contributed by atoms with E-state index in [9.17, 15) is 4.79 Å². The Balaban J connectivity index is 2.24. The highest BCUT2D eigenvalue weighted by Gasteiger charge is 2.15. The first-order valence-corrected chi connectivity index (χ1v) is 7.75. The van der Waals surface area contributed by atoms with Gasteiger partial charge in [-0.1, -0.05) is 12.2 Å². The number of aromatic nitrogens is 1. The van der Waals surface area contributed by atoms with Crippen molar-refractivity contribution in [3.63, 3.8) is 0 Å². The first kappa shape index (κ1) is 15.1. The maximum atomic E-state index is 12.2. The smallest absolute Gasteiger partial charge is 0.267 e. The van der Waals surface area contributed by atoms with Crippen LogP contribution >= 0.6 is 39.5 Å². The van der Waals surface area contributed by atoms with Crippen molar-refractivity contribution in [1.82, 2.24) is 4.98 Å². The first-order valence-electron chi connectivity index (χ1n) is 5.73. The molecule has 2 rings (SSSR count). The van der Waals surface area contributed by atoms with Gasteiger partial charge in [-0.25, -0.2) is 4.98 Å². The van der Waals surface area contributed by atoms with Crippen LogP contribution in [-0.4, -0.2) is 15.9 Å². The minimum absolute atomic E-state index is 0.170. The Morgan fingerprint density at radius 2 is 2.15 bits per heavy atom. The third-order valence-electron chi connectivity index (χ3n) is 2.61. The maximum Gasteiger partial charge on any atom is 0.267 e. The third kappa shape index (κ3) is 3.23. The fraction of sp³-hybridized carbons (Fsp3) is 0.154. The van der Waals surface area contributed by atoms with Crippen LogP contribution in [0.3, 0.4) is 0 Å². The van der Waals surface area contributed by atoms with Gasteiger partial charge in [0.2, 0.25) is 0 Å². The van der Waals surface area contributed by atoms with Gasteiger partial charge in [-0.05, 0) is 48.0 Å². The van der Waals surface area contributed by atoms with E-state index < -0.39 is 0 Å². The lowest BCUT2D eigenvalue weighted by molar-refractivity contribution is 0.102. The number of anilines is 1. The fourth-order valence-corrected chi connectivity index (χ4v) is 3.11. The van der Waals surface area contributed by atoms with Crippen LogP contribution < -0.4 is 11.1 Å². The summed E-state index contributed by atoms with van der Waals surface area (Å²) in [4.78, 5) is 17.4. The summed E-state index contributed by atoms with van der Waals surface area (Å²) in [6.07, 6.45) is 0. The number of nitrogens with two attached hydrogens (primary N) is 1. The molecule has 0 aliphatic rings. The summed E-state index contributed by atoms with van der Waals surface area (Å²) < 4.78 is 0.732. The zero-order valence-electron chi connectivity index (χ0n) is 10.9. The van der Waals surface area contributed by atoms with Gasteiger partial charge in [0.05, 0.1) is 16.4 Å². The molecule has 7 heteroatoms. The molecule has 0 saturated heterocycles. The number of nitrogens with zero attached hydrogens (tertiary/aromatic N) is 1. The normalized spacial score (nSPS) is 10.3. The van der Waals surface area contributed by atoms with Crippen LogP contribution in [0.1, 0.15) is 25.9 Å². The highest BCUT2D eigenvalue weighted by molar-refractivity contribution is 9.10. The zero-order chi connectivity index (χ0) is 14.9. The van der Waals surface area contributed by atoms with E-state index in [1.54, 1.807) is 18.2 Å². The number of carbonyl (C=O) groups excluding carboxylic acids is 1. The van der Waals surface area contributed by atoms with Crippen LogP contribution in [0.15, 0.2) is 22.7 Å². The molecule has 0 unspecified atom stereocenters. The Hall–Kier alpha value is -1.31. The Morgan fingerprint density at radius 3 is 2.65 bits per heavy atom. The molecule has 0 fully saturated rings. The molecule has 0 aliphatic heterocycles. The molecule has 1 amide bonds. The molecule has 0 saturated carbocycles. The van der Waals surface area contributed by atoms with Crippen LogP contribution in [0.4, 0.5) is 5.69 Å². The maximum absolute atomic E-state index is 12.2. The van der Waals surface area contributed by atoms with E-state index in [-0.39, 0.29) is 5.91 Å². The number of hydrogen-bond donors (Lipinski definition) is 2. The molecule has 1 aromatic carbocycles. The highest BCUT2D eigenvalue weighted by Crippen LogP contribution is 2.25. The summed E-state index contributed by atoms with van der Waals surface area (Å²) in [5, 5.41) is 3.72. The van der Waals surface area contributed by atoms with E-state index in [1.807, 2.05) is 13.8 Å². The zero-order valence-corrected chi connectivity index (χ0v) is 14.1. The molecule has 4 nitrogen and oxygen atoms in total. The Kier molecular flexibility index (Phi) is 4.52. The average molecular weight is 370 g/mol. The molecule has 1 aromatic heterocycles. The van der Waals surface area contributed by atoms with Crippen molar-refractivity contribution in [2.75, 3.05) is 5.32 Å². The van der Waals surface area contributed by atoms with Gasteiger partial charge in [0.25, 0.3) is 5.91 Å². The summed E-state index contributed by atoms with van der Waals surface area (Å²) >= 11 is 9.69. The Morgan fingerprint density at radius 1 is 1.45 bits per heavy atom. The van der Waals surface area contributed by atoms with Gasteiger partial charge in [-0.15, -0.1) is 11.3 Å². The second-order valence-corrected chi connectivity index (χ2v) is 6.66. The molecule has 2 aromatic rings. The number of benzene rings is 1. The number of rotatable bonds is 3. The van der Waals surface area contributed by atoms with E-state index in [1.165, 1.54) is 11.3 Å². The lowest BCUT2D eigenvalue weighted by Crippen LogP contribution is -2.13. The standard InChI is InChI=1S/C13H12BrN3OS2/c1-6-11(20-7(2)16-6)13(18)17-10-4-3-8(12(15)19)5-9(10)14/h3-5H,1-2H3,(H2,15,19)(H,17,18). The van der Waals surface area contributed by atoms with Gasteiger partial charge in [-0.2, -0.15) is 0 Å². The first-order chi connectivity index (χ1) is 9.38. The number of hydrogen-bond acceptors (Lipinski definition) is 4. The summed E-state index contributed by atoms with van der Waals surface area (Å²) in [6.45, 7) is 3.70. The highest BCUT2D eigenvalue weighted by atomic mass is 79.9. The number of halogens is 1. The van der Waals surface area contributed by atoms with Gasteiger partial charge in [0, 0.05) is 10.0 Å². The predicted molar refractivity (Wildman–Crippen MR) is 89.6 cm³/mol. The van der Waals surface area contributed by atoms with Gasteiger partial charge in [-0.3, -0.25) is 4.79 Å². The minimum atomic E-state index is -0.170. The molecule has 20 heavy (non-hydrogen) atoms. The predicted octanol–water partition coefficient (Wildman–Crippen LogP) is 3.41. The Bertz CT molecular complexity index is 697. The monoisotopic (exact) mass is 369 g/mol. The number of thiocarbonyl (C=S) groups is 1. The molecular formula is C13H12BrN3OS2. The van der Waals surface area contributed by atoms with E-state index >= 15 is 0 Å². The number of thiazole rings is 1. The summed E-state index contributed by atoms with van der Waals surface area (Å²) in [6, 6.07) is 5.32. The fourth-order valence-electron chi connectivity index (χ4n) is 1.69. The van der Waals surface area contributed by atoms with Gasteiger partial charge in [0.15, 0.2) is 0 Å². The molecule has 104 valence electrons. The second-order valence-electron chi connectivity index (χ2n) is 4.16. The second kappa shape index (κ2) is 5.99. The SMILES string of the molecule is Cc1nc(C)c(C(=O)Nc2ccc(C(N)=S)cc2Br)s1. The molecule has 0 aliphatic carbocycles. The van der Waals surface area contributed by atoms with Crippen LogP contribution in [0, 0.1) is 13.8 Å². The van der Waals surface area contributed by atoms with Crippen LogP contribution in [0.25, 0.3) is 0 Å². The Labute approximate surface area is 134 Å². The number of carbonyl (C=O) groups is 1. The summed E-state index contributed by atoms with van der Waals surface area (Å²) in [5.41, 5.74) is 7.71. The number of aryl methyl sites for hydroxylation is 2. The van der Waals surface area contributed by atoms with Crippen molar-refractivity contribution in [1.29, 1.82) is 0 Å². The number of nitrogens with one attached hydrogen (secondary N) is 1. The molecule has 3 N–H and O–H groups in total. The van der Waals surface area contributed by atoms with Crippen molar-refractivity contribution in [3.8, 4) is 0 Å². The molecule has 0 radical (unpaired) electrons. The quantitative estimate of drug-likeness (QED) is 0.813. The van der Waals surface area contributed by atoms with Crippen molar-refractivity contribution in [2.45, 2.75) is 13.8 Å². The third-order valence-corrected chi connectivity index (χ3v) is 4.57. The van der Waals surface area contributed by atoms with E-state index in [4.69, 9.17) is 18.0 Å². The molecule has 1 heterocycles. The van der Waals surface area contributed by atoms with Gasteiger partial charge < -0.3 is 11.1 Å². The van der Waals surface area contributed by atoms with Crippen molar-refractivity contribution in [2.24, 2.45) is 5.73 Å². The molecule has 0 atom stereocenters. The van der Waals surface area contributed by atoms with Crippen LogP contribution in [-0.2, 0) is 0 Å². The largest absolute Gasteiger partial charge is 0.389 e. The van der Waals surface area contributed by atoms with Crippen LogP contribution in [0.2, 0.25) is 0 Å². The van der Waals surface area contributed by atoms with E-state index in [0.29, 0.717) is 15.6 Å². The summed E-state index contributed by atoms with van der Waals surface area (Å²) in [7, 11) is 0. The van der Waals surface area contributed by atoms with E-state index in [2.05, 4.69) is 26.2 Å². The van der Waals surface area contributed by atoms with Gasteiger partial charge >= 0.3 is 0 Å². The average Bonchev–Trinajstić information content (AvgIpc) is 2.70.